The van der Waals surface area contributed by atoms with Crippen LogP contribution < -0.4 is 5.73 Å². The highest BCUT2D eigenvalue weighted by molar-refractivity contribution is 5.79. The van der Waals surface area contributed by atoms with Gasteiger partial charge in [-0.2, -0.15) is 0 Å². The standard InChI is InChI=1S/C13H26N2O2/c1-9(2)15(6-7-16)13(17)12-8-11(14)5-4-10(12)3/h9-12,16H,4-8,14H2,1-3H3. The van der Waals surface area contributed by atoms with Crippen LogP contribution in [0.3, 0.4) is 0 Å². The summed E-state index contributed by atoms with van der Waals surface area (Å²) in [6.07, 6.45) is 2.84. The quantitative estimate of drug-likeness (QED) is 0.772. The second-order valence-electron chi connectivity index (χ2n) is 5.51. The number of carbonyl (C=O) groups is 1. The van der Waals surface area contributed by atoms with Gasteiger partial charge in [0.1, 0.15) is 0 Å². The van der Waals surface area contributed by atoms with Crippen molar-refractivity contribution < 1.29 is 9.90 Å². The summed E-state index contributed by atoms with van der Waals surface area (Å²) in [5.74, 6) is 0.603. The Hall–Kier alpha value is -0.610. The second-order valence-corrected chi connectivity index (χ2v) is 5.51. The first-order valence-corrected chi connectivity index (χ1v) is 6.64. The number of hydrogen-bond acceptors (Lipinski definition) is 3. The Balaban J connectivity index is 2.71. The molecule has 1 fully saturated rings. The van der Waals surface area contributed by atoms with E-state index in [1.165, 1.54) is 0 Å². The molecular formula is C13H26N2O2. The van der Waals surface area contributed by atoms with Gasteiger partial charge in [0.05, 0.1) is 6.61 Å². The first-order valence-electron chi connectivity index (χ1n) is 6.64. The lowest BCUT2D eigenvalue weighted by Crippen LogP contribution is -2.47. The molecule has 4 nitrogen and oxygen atoms in total. The summed E-state index contributed by atoms with van der Waals surface area (Å²) >= 11 is 0. The minimum absolute atomic E-state index is 0.0249. The van der Waals surface area contributed by atoms with Crippen molar-refractivity contribution in [1.29, 1.82) is 0 Å². The van der Waals surface area contributed by atoms with E-state index >= 15 is 0 Å². The Morgan fingerprint density at radius 1 is 1.47 bits per heavy atom. The molecule has 3 unspecified atom stereocenters. The molecule has 1 amide bonds. The fourth-order valence-electron chi connectivity index (χ4n) is 2.64. The van der Waals surface area contributed by atoms with E-state index in [0.717, 1.165) is 19.3 Å². The monoisotopic (exact) mass is 242 g/mol. The number of amides is 1. The van der Waals surface area contributed by atoms with Crippen LogP contribution in [0.2, 0.25) is 0 Å². The van der Waals surface area contributed by atoms with Crippen molar-refractivity contribution in [3.63, 3.8) is 0 Å². The van der Waals surface area contributed by atoms with E-state index in [1.54, 1.807) is 4.90 Å². The predicted molar refractivity (Wildman–Crippen MR) is 68.4 cm³/mol. The highest BCUT2D eigenvalue weighted by Crippen LogP contribution is 2.30. The van der Waals surface area contributed by atoms with E-state index in [4.69, 9.17) is 10.8 Å². The van der Waals surface area contributed by atoms with Crippen molar-refractivity contribution in [3.05, 3.63) is 0 Å². The number of hydrogen-bond donors (Lipinski definition) is 2. The third kappa shape index (κ3) is 3.68. The molecule has 3 N–H and O–H groups in total. The van der Waals surface area contributed by atoms with Crippen LogP contribution in [0.1, 0.15) is 40.0 Å². The van der Waals surface area contributed by atoms with Crippen molar-refractivity contribution >= 4 is 5.91 Å². The Morgan fingerprint density at radius 3 is 2.65 bits per heavy atom. The molecule has 0 saturated heterocycles. The van der Waals surface area contributed by atoms with Gasteiger partial charge < -0.3 is 15.7 Å². The normalized spacial score (nSPS) is 29.4. The molecule has 0 heterocycles. The minimum Gasteiger partial charge on any atom is -0.395 e. The molecule has 1 saturated carbocycles. The van der Waals surface area contributed by atoms with E-state index < -0.39 is 0 Å². The van der Waals surface area contributed by atoms with Crippen molar-refractivity contribution in [2.75, 3.05) is 13.2 Å². The highest BCUT2D eigenvalue weighted by Gasteiger charge is 2.34. The Kier molecular flexibility index (Phi) is 5.40. The lowest BCUT2D eigenvalue weighted by Gasteiger charge is -2.36. The molecule has 1 aliphatic carbocycles. The lowest BCUT2D eigenvalue weighted by atomic mass is 9.77. The molecule has 3 atom stereocenters. The number of nitrogens with zero attached hydrogens (tertiary/aromatic N) is 1. The second kappa shape index (κ2) is 6.36. The molecule has 0 aromatic heterocycles. The summed E-state index contributed by atoms with van der Waals surface area (Å²) in [6, 6.07) is 0.295. The summed E-state index contributed by atoms with van der Waals surface area (Å²) in [6.45, 7) is 6.56. The maximum Gasteiger partial charge on any atom is 0.226 e. The van der Waals surface area contributed by atoms with Gasteiger partial charge in [-0.25, -0.2) is 0 Å². The van der Waals surface area contributed by atoms with Gasteiger partial charge in [0.25, 0.3) is 0 Å². The van der Waals surface area contributed by atoms with Crippen LogP contribution in [-0.2, 0) is 4.79 Å². The third-order valence-corrected chi connectivity index (χ3v) is 3.80. The Bertz CT molecular complexity index is 256. The van der Waals surface area contributed by atoms with Crippen LogP contribution in [0, 0.1) is 11.8 Å². The molecule has 1 rings (SSSR count). The molecule has 0 aliphatic heterocycles. The smallest absolute Gasteiger partial charge is 0.226 e. The van der Waals surface area contributed by atoms with Gasteiger partial charge in [0.2, 0.25) is 5.91 Å². The van der Waals surface area contributed by atoms with Crippen molar-refractivity contribution in [2.45, 2.75) is 52.1 Å². The Labute approximate surface area is 104 Å². The fraction of sp³-hybridized carbons (Fsp3) is 0.923. The van der Waals surface area contributed by atoms with Crippen LogP contribution >= 0.6 is 0 Å². The molecule has 17 heavy (non-hydrogen) atoms. The topological polar surface area (TPSA) is 66.6 Å². The summed E-state index contributed by atoms with van der Waals surface area (Å²) in [5, 5.41) is 9.03. The molecule has 0 spiro atoms. The van der Waals surface area contributed by atoms with Gasteiger partial charge >= 0.3 is 0 Å². The van der Waals surface area contributed by atoms with E-state index in [0.29, 0.717) is 12.5 Å². The highest BCUT2D eigenvalue weighted by atomic mass is 16.3. The SMILES string of the molecule is CC1CCC(N)CC1C(=O)N(CCO)C(C)C. The molecule has 1 aliphatic rings. The van der Waals surface area contributed by atoms with Crippen molar-refractivity contribution in [3.8, 4) is 0 Å². The molecule has 4 heteroatoms. The molecule has 100 valence electrons. The predicted octanol–water partition coefficient (Wildman–Crippen LogP) is 0.979. The maximum atomic E-state index is 12.4. The van der Waals surface area contributed by atoms with Crippen molar-refractivity contribution in [1.82, 2.24) is 4.90 Å². The average molecular weight is 242 g/mol. The van der Waals surface area contributed by atoms with E-state index in [2.05, 4.69) is 6.92 Å². The summed E-state index contributed by atoms with van der Waals surface area (Å²) in [4.78, 5) is 14.2. The van der Waals surface area contributed by atoms with E-state index in [9.17, 15) is 4.79 Å². The molecule has 0 radical (unpaired) electrons. The van der Waals surface area contributed by atoms with Gasteiger partial charge in [-0.3, -0.25) is 4.79 Å². The number of aliphatic hydroxyl groups excluding tert-OH is 1. The molecular weight excluding hydrogens is 216 g/mol. The summed E-state index contributed by atoms with van der Waals surface area (Å²) in [7, 11) is 0. The van der Waals surface area contributed by atoms with Gasteiger partial charge in [-0.1, -0.05) is 6.92 Å². The number of nitrogens with two attached hydrogens (primary N) is 1. The zero-order valence-corrected chi connectivity index (χ0v) is 11.2. The largest absolute Gasteiger partial charge is 0.395 e. The van der Waals surface area contributed by atoms with E-state index in [1.807, 2.05) is 13.8 Å². The number of rotatable bonds is 4. The average Bonchev–Trinajstić information content (AvgIpc) is 2.28. The zero-order chi connectivity index (χ0) is 13.0. The van der Waals surface area contributed by atoms with Crippen LogP contribution in [0.5, 0.6) is 0 Å². The van der Waals surface area contributed by atoms with Crippen LogP contribution in [0.4, 0.5) is 0 Å². The third-order valence-electron chi connectivity index (χ3n) is 3.80. The van der Waals surface area contributed by atoms with Crippen LogP contribution in [0.25, 0.3) is 0 Å². The first-order chi connectivity index (χ1) is 7.97. The van der Waals surface area contributed by atoms with Gasteiger partial charge in [-0.15, -0.1) is 0 Å². The van der Waals surface area contributed by atoms with Crippen LogP contribution in [0.15, 0.2) is 0 Å². The zero-order valence-electron chi connectivity index (χ0n) is 11.2. The molecule has 0 bridgehead atoms. The van der Waals surface area contributed by atoms with Gasteiger partial charge in [0.15, 0.2) is 0 Å². The summed E-state index contributed by atoms with van der Waals surface area (Å²) in [5.41, 5.74) is 5.96. The summed E-state index contributed by atoms with van der Waals surface area (Å²) < 4.78 is 0. The first kappa shape index (κ1) is 14.5. The number of aliphatic hydroxyl groups is 1. The van der Waals surface area contributed by atoms with Gasteiger partial charge in [-0.05, 0) is 39.0 Å². The lowest BCUT2D eigenvalue weighted by molar-refractivity contribution is -0.140. The molecule has 0 aromatic rings. The molecule has 0 aromatic carbocycles. The number of carbonyl (C=O) groups excluding carboxylic acids is 1. The minimum atomic E-state index is 0.0249. The van der Waals surface area contributed by atoms with Gasteiger partial charge in [0, 0.05) is 24.5 Å². The van der Waals surface area contributed by atoms with Crippen LogP contribution in [-0.4, -0.2) is 41.1 Å². The van der Waals surface area contributed by atoms with Crippen molar-refractivity contribution in [2.24, 2.45) is 17.6 Å². The maximum absolute atomic E-state index is 12.4. The fourth-order valence-corrected chi connectivity index (χ4v) is 2.64. The Morgan fingerprint density at radius 2 is 2.12 bits per heavy atom. The van der Waals surface area contributed by atoms with E-state index in [-0.39, 0.29) is 30.5 Å².